The second-order valence-corrected chi connectivity index (χ2v) is 10.6. The van der Waals surface area contributed by atoms with Crippen LogP contribution in [0.5, 0.6) is 0 Å². The second kappa shape index (κ2) is 23.7. The highest BCUT2D eigenvalue weighted by Gasteiger charge is 2.23. The zero-order valence-electron chi connectivity index (χ0n) is 22.1. The SMILES string of the molecule is CCCCCCCCCCCCCCCCOC[C@@H](COP(=O)(O)OCCN(C)C)OCC. The molecule has 7 nitrogen and oxygen atoms in total. The van der Waals surface area contributed by atoms with Crippen LogP contribution < -0.4 is 0 Å². The number of rotatable bonds is 26. The van der Waals surface area contributed by atoms with Crippen molar-refractivity contribution < 1.29 is 28.0 Å². The van der Waals surface area contributed by atoms with Gasteiger partial charge in [-0.05, 0) is 27.4 Å². The molecule has 8 heteroatoms. The van der Waals surface area contributed by atoms with Crippen molar-refractivity contribution in [2.75, 3.05) is 53.7 Å². The number of phosphoric acid groups is 1. The standard InChI is InChI=1S/C25H54NO6P/c1-5-7-8-9-10-11-12-13-14-15-16-17-18-19-21-29-23-25(30-6-2)24-32-33(27,28)31-22-20-26(3)4/h25H,5-24H2,1-4H3,(H,27,28)/t25-/m0/s1. The molecule has 0 fully saturated rings. The van der Waals surface area contributed by atoms with Gasteiger partial charge < -0.3 is 19.3 Å². The van der Waals surface area contributed by atoms with E-state index in [0.717, 1.165) is 6.42 Å². The molecule has 0 aliphatic heterocycles. The highest BCUT2D eigenvalue weighted by molar-refractivity contribution is 7.47. The van der Waals surface area contributed by atoms with Crippen LogP contribution in [-0.4, -0.2) is 69.6 Å². The van der Waals surface area contributed by atoms with Crippen LogP contribution in [0.2, 0.25) is 0 Å². The minimum Gasteiger partial charge on any atom is -0.379 e. The summed E-state index contributed by atoms with van der Waals surface area (Å²) < 4.78 is 33.2. The zero-order valence-corrected chi connectivity index (χ0v) is 23.0. The number of unbranched alkanes of at least 4 members (excludes halogenated alkanes) is 13. The Bertz CT molecular complexity index is 453. The van der Waals surface area contributed by atoms with Crippen LogP contribution >= 0.6 is 7.82 Å². The molecule has 33 heavy (non-hydrogen) atoms. The zero-order chi connectivity index (χ0) is 24.6. The summed E-state index contributed by atoms with van der Waals surface area (Å²) in [5, 5.41) is 0. The van der Waals surface area contributed by atoms with Gasteiger partial charge in [0.25, 0.3) is 0 Å². The van der Waals surface area contributed by atoms with Gasteiger partial charge in [-0.1, -0.05) is 90.4 Å². The lowest BCUT2D eigenvalue weighted by Crippen LogP contribution is -2.26. The van der Waals surface area contributed by atoms with E-state index < -0.39 is 7.82 Å². The summed E-state index contributed by atoms with van der Waals surface area (Å²) >= 11 is 0. The van der Waals surface area contributed by atoms with Crippen LogP contribution in [0, 0.1) is 0 Å². The molecule has 0 aromatic rings. The average molecular weight is 496 g/mol. The van der Waals surface area contributed by atoms with Gasteiger partial charge in [-0.15, -0.1) is 0 Å². The number of phosphoric ester groups is 1. The molecule has 0 aromatic heterocycles. The van der Waals surface area contributed by atoms with Crippen molar-refractivity contribution >= 4 is 7.82 Å². The first-order chi connectivity index (χ1) is 15.9. The summed E-state index contributed by atoms with van der Waals surface area (Å²) in [6, 6.07) is 0. The van der Waals surface area contributed by atoms with Gasteiger partial charge in [0, 0.05) is 19.8 Å². The van der Waals surface area contributed by atoms with E-state index in [-0.39, 0.29) is 19.3 Å². The van der Waals surface area contributed by atoms with Gasteiger partial charge in [0.2, 0.25) is 0 Å². The van der Waals surface area contributed by atoms with Crippen molar-refractivity contribution in [2.24, 2.45) is 0 Å². The summed E-state index contributed by atoms with van der Waals surface area (Å²) in [6.45, 7) is 6.33. The Morgan fingerprint density at radius 2 is 1.24 bits per heavy atom. The smallest absolute Gasteiger partial charge is 0.379 e. The Morgan fingerprint density at radius 3 is 1.73 bits per heavy atom. The molecule has 1 unspecified atom stereocenters. The summed E-state index contributed by atoms with van der Waals surface area (Å²) in [5.41, 5.74) is 0. The van der Waals surface area contributed by atoms with Crippen LogP contribution in [0.4, 0.5) is 0 Å². The molecule has 0 bridgehead atoms. The third-order valence-electron chi connectivity index (χ3n) is 5.56. The van der Waals surface area contributed by atoms with Gasteiger partial charge in [-0.3, -0.25) is 9.05 Å². The van der Waals surface area contributed by atoms with Gasteiger partial charge in [0.15, 0.2) is 0 Å². The van der Waals surface area contributed by atoms with Gasteiger partial charge in [0.05, 0.1) is 19.8 Å². The summed E-state index contributed by atoms with van der Waals surface area (Å²) in [4.78, 5) is 11.6. The molecule has 0 amide bonds. The molecule has 0 rings (SSSR count). The molecule has 0 aliphatic rings. The minimum absolute atomic E-state index is 0.0255. The fourth-order valence-electron chi connectivity index (χ4n) is 3.55. The molecule has 0 radical (unpaired) electrons. The topological polar surface area (TPSA) is 77.5 Å². The van der Waals surface area contributed by atoms with E-state index in [1.165, 1.54) is 83.5 Å². The van der Waals surface area contributed by atoms with Crippen molar-refractivity contribution in [2.45, 2.75) is 110 Å². The van der Waals surface area contributed by atoms with E-state index in [0.29, 0.717) is 26.4 Å². The van der Waals surface area contributed by atoms with Crippen LogP contribution in [0.3, 0.4) is 0 Å². The maximum absolute atomic E-state index is 11.9. The molecular formula is C25H54NO6P. The predicted molar refractivity (Wildman–Crippen MR) is 137 cm³/mol. The Balaban J connectivity index is 3.59. The van der Waals surface area contributed by atoms with Gasteiger partial charge in [0.1, 0.15) is 6.10 Å². The first-order valence-electron chi connectivity index (χ1n) is 13.4. The Labute approximate surface area is 204 Å². The fourth-order valence-corrected chi connectivity index (χ4v) is 4.29. The normalized spacial score (nSPS) is 14.6. The van der Waals surface area contributed by atoms with Crippen molar-refractivity contribution in [1.29, 1.82) is 0 Å². The van der Waals surface area contributed by atoms with Crippen LogP contribution in [0.1, 0.15) is 104 Å². The Morgan fingerprint density at radius 1 is 0.727 bits per heavy atom. The molecular weight excluding hydrogens is 441 g/mol. The lowest BCUT2D eigenvalue weighted by atomic mass is 10.0. The predicted octanol–water partition coefficient (Wildman–Crippen LogP) is 6.58. The highest BCUT2D eigenvalue weighted by atomic mass is 31.2. The van der Waals surface area contributed by atoms with Gasteiger partial charge >= 0.3 is 7.82 Å². The average Bonchev–Trinajstić information content (AvgIpc) is 2.76. The minimum atomic E-state index is -4.06. The van der Waals surface area contributed by atoms with Crippen molar-refractivity contribution in [1.82, 2.24) is 4.90 Å². The quantitative estimate of drug-likeness (QED) is 0.107. The molecule has 0 spiro atoms. The van der Waals surface area contributed by atoms with E-state index >= 15 is 0 Å². The van der Waals surface area contributed by atoms with E-state index in [4.69, 9.17) is 18.5 Å². The Hall–Kier alpha value is -0.0100. The Kier molecular flexibility index (Phi) is 23.7. The number of nitrogens with zero attached hydrogens (tertiary/aromatic N) is 1. The second-order valence-electron chi connectivity index (χ2n) is 9.15. The first-order valence-corrected chi connectivity index (χ1v) is 14.9. The third-order valence-corrected chi connectivity index (χ3v) is 6.55. The van der Waals surface area contributed by atoms with Crippen molar-refractivity contribution in [3.05, 3.63) is 0 Å². The molecule has 0 aliphatic carbocycles. The van der Waals surface area contributed by atoms with Crippen LogP contribution in [0.25, 0.3) is 0 Å². The number of likely N-dealkylation sites (N-methyl/N-ethyl adjacent to an activating group) is 1. The highest BCUT2D eigenvalue weighted by Crippen LogP contribution is 2.43. The summed E-state index contributed by atoms with van der Waals surface area (Å²) in [5.74, 6) is 0. The first kappa shape index (κ1) is 33.0. The third kappa shape index (κ3) is 24.9. The summed E-state index contributed by atoms with van der Waals surface area (Å²) in [6.07, 6.45) is 18.3. The van der Waals surface area contributed by atoms with Gasteiger partial charge in [-0.2, -0.15) is 0 Å². The van der Waals surface area contributed by atoms with Crippen molar-refractivity contribution in [3.63, 3.8) is 0 Å². The molecule has 0 heterocycles. The van der Waals surface area contributed by atoms with Crippen LogP contribution in [-0.2, 0) is 23.1 Å². The number of hydrogen-bond donors (Lipinski definition) is 1. The molecule has 0 saturated carbocycles. The monoisotopic (exact) mass is 495 g/mol. The van der Waals surface area contributed by atoms with Crippen LogP contribution in [0.15, 0.2) is 0 Å². The molecule has 0 saturated heterocycles. The van der Waals surface area contributed by atoms with E-state index in [9.17, 15) is 9.46 Å². The molecule has 200 valence electrons. The van der Waals surface area contributed by atoms with E-state index in [1.54, 1.807) is 0 Å². The number of ether oxygens (including phenoxy) is 2. The molecule has 1 N–H and O–H groups in total. The summed E-state index contributed by atoms with van der Waals surface area (Å²) in [7, 11) is -0.328. The maximum atomic E-state index is 11.9. The van der Waals surface area contributed by atoms with Gasteiger partial charge in [-0.25, -0.2) is 4.57 Å². The van der Waals surface area contributed by atoms with E-state index in [1.807, 2.05) is 25.9 Å². The molecule has 2 atom stereocenters. The fraction of sp³-hybridized carbons (Fsp3) is 1.00. The van der Waals surface area contributed by atoms with Crippen molar-refractivity contribution in [3.8, 4) is 0 Å². The van der Waals surface area contributed by atoms with E-state index in [2.05, 4.69) is 6.92 Å². The lowest BCUT2D eigenvalue weighted by molar-refractivity contribution is -0.0393. The molecule has 0 aromatic carbocycles. The number of hydrogen-bond acceptors (Lipinski definition) is 6. The largest absolute Gasteiger partial charge is 0.472 e. The lowest BCUT2D eigenvalue weighted by Gasteiger charge is -2.19. The maximum Gasteiger partial charge on any atom is 0.472 e.